The Balaban J connectivity index is 2.11. The number of hydrogen-bond acceptors (Lipinski definition) is 3. The molecule has 0 bridgehead atoms. The van der Waals surface area contributed by atoms with Crippen LogP contribution in [0.3, 0.4) is 0 Å². The molecule has 0 amide bonds. The minimum absolute atomic E-state index is 0.0334. The van der Waals surface area contributed by atoms with Crippen molar-refractivity contribution in [3.05, 3.63) is 60.0 Å². The maximum absolute atomic E-state index is 13.5. The van der Waals surface area contributed by atoms with E-state index in [0.29, 0.717) is 5.39 Å². The van der Waals surface area contributed by atoms with Crippen LogP contribution < -0.4 is 0 Å². The minimum Gasteiger partial charge on any atom is -0.360 e. The van der Waals surface area contributed by atoms with Crippen LogP contribution in [0.1, 0.15) is 12.5 Å². The molecule has 3 aromatic rings. The summed E-state index contributed by atoms with van der Waals surface area (Å²) in [5, 5.41) is 0.691. The first-order chi connectivity index (χ1) is 11.9. The van der Waals surface area contributed by atoms with Gasteiger partial charge in [-0.15, -0.1) is 0 Å². The zero-order chi connectivity index (χ0) is 18.0. The number of aromatic nitrogens is 1. The lowest BCUT2D eigenvalue weighted by atomic mass is 10.1. The Labute approximate surface area is 147 Å². The van der Waals surface area contributed by atoms with Gasteiger partial charge in [-0.05, 0) is 49.8 Å². The number of aromatic amines is 1. The van der Waals surface area contributed by atoms with Crippen molar-refractivity contribution in [2.75, 3.05) is 20.1 Å². The molecule has 0 aliphatic carbocycles. The van der Waals surface area contributed by atoms with E-state index in [0.717, 1.165) is 36.7 Å². The predicted octanol–water partition coefficient (Wildman–Crippen LogP) is 3.63. The van der Waals surface area contributed by atoms with Crippen LogP contribution in [-0.2, 0) is 16.3 Å². The quantitative estimate of drug-likeness (QED) is 0.730. The van der Waals surface area contributed by atoms with Gasteiger partial charge in [0.25, 0.3) is 0 Å². The van der Waals surface area contributed by atoms with Crippen LogP contribution in [0.2, 0.25) is 0 Å². The minimum atomic E-state index is -3.80. The second kappa shape index (κ2) is 6.98. The van der Waals surface area contributed by atoms with Crippen LogP contribution in [-0.4, -0.2) is 38.4 Å². The molecule has 1 N–H and O–H groups in total. The Morgan fingerprint density at radius 1 is 1.16 bits per heavy atom. The van der Waals surface area contributed by atoms with Crippen LogP contribution in [0, 0.1) is 5.82 Å². The molecule has 0 saturated carbocycles. The molecule has 0 aliphatic heterocycles. The molecule has 0 saturated heterocycles. The van der Waals surface area contributed by atoms with E-state index < -0.39 is 15.7 Å². The summed E-state index contributed by atoms with van der Waals surface area (Å²) in [7, 11) is -1.77. The Hall–Kier alpha value is -2.18. The average molecular weight is 360 g/mol. The predicted molar refractivity (Wildman–Crippen MR) is 97.0 cm³/mol. The summed E-state index contributed by atoms with van der Waals surface area (Å²) in [6, 6.07) is 10.8. The van der Waals surface area contributed by atoms with Crippen molar-refractivity contribution in [2.45, 2.75) is 23.1 Å². The van der Waals surface area contributed by atoms with Crippen LogP contribution >= 0.6 is 0 Å². The zero-order valence-electron chi connectivity index (χ0n) is 14.3. The van der Waals surface area contributed by atoms with Gasteiger partial charge in [0.05, 0.1) is 9.79 Å². The number of sulfone groups is 1. The van der Waals surface area contributed by atoms with E-state index in [1.807, 2.05) is 25.2 Å². The van der Waals surface area contributed by atoms with Gasteiger partial charge in [0.2, 0.25) is 9.84 Å². The summed E-state index contributed by atoms with van der Waals surface area (Å²) in [5.41, 5.74) is 1.74. The van der Waals surface area contributed by atoms with Crippen molar-refractivity contribution in [1.29, 1.82) is 0 Å². The van der Waals surface area contributed by atoms with Gasteiger partial charge in [-0.3, -0.25) is 0 Å². The van der Waals surface area contributed by atoms with E-state index in [4.69, 9.17) is 0 Å². The first-order valence-electron chi connectivity index (χ1n) is 8.21. The number of H-pyrrole nitrogens is 1. The number of fused-ring (bicyclic) bond motifs is 1. The number of hydrogen-bond donors (Lipinski definition) is 1. The molecule has 2 aromatic carbocycles. The van der Waals surface area contributed by atoms with Crippen molar-refractivity contribution < 1.29 is 12.8 Å². The second-order valence-corrected chi connectivity index (χ2v) is 8.02. The Morgan fingerprint density at radius 3 is 2.64 bits per heavy atom. The third-order valence-electron chi connectivity index (χ3n) is 4.45. The van der Waals surface area contributed by atoms with Crippen molar-refractivity contribution in [2.24, 2.45) is 0 Å². The SMILES string of the molecule is CCN(C)CCc1cccc2[nH]cc(S(=O)(=O)c3cccc(F)c3)c12. The molecule has 0 fully saturated rings. The van der Waals surface area contributed by atoms with Crippen molar-refractivity contribution in [3.8, 4) is 0 Å². The largest absolute Gasteiger partial charge is 0.360 e. The lowest BCUT2D eigenvalue weighted by Gasteiger charge is -2.14. The molecular formula is C19H21FN2O2S. The number of nitrogens with zero attached hydrogens (tertiary/aromatic N) is 1. The first kappa shape index (κ1) is 17.6. The maximum Gasteiger partial charge on any atom is 0.208 e. The van der Waals surface area contributed by atoms with Gasteiger partial charge in [0.1, 0.15) is 5.82 Å². The van der Waals surface area contributed by atoms with Crippen molar-refractivity contribution in [3.63, 3.8) is 0 Å². The van der Waals surface area contributed by atoms with E-state index in [2.05, 4.69) is 16.8 Å². The number of rotatable bonds is 6. The van der Waals surface area contributed by atoms with E-state index in [9.17, 15) is 12.8 Å². The number of halogens is 1. The van der Waals surface area contributed by atoms with Gasteiger partial charge in [-0.25, -0.2) is 12.8 Å². The zero-order valence-corrected chi connectivity index (χ0v) is 15.1. The van der Waals surface area contributed by atoms with Crippen LogP contribution in [0.15, 0.2) is 58.5 Å². The molecular weight excluding hydrogens is 339 g/mol. The van der Waals surface area contributed by atoms with Gasteiger partial charge < -0.3 is 9.88 Å². The number of nitrogens with one attached hydrogen (secondary N) is 1. The van der Waals surface area contributed by atoms with Gasteiger partial charge in [-0.2, -0.15) is 0 Å². The molecule has 1 aromatic heterocycles. The molecule has 132 valence electrons. The summed E-state index contributed by atoms with van der Waals surface area (Å²) in [6.45, 7) is 3.84. The lowest BCUT2D eigenvalue weighted by Crippen LogP contribution is -2.20. The van der Waals surface area contributed by atoms with Crippen molar-refractivity contribution >= 4 is 20.7 Å². The lowest BCUT2D eigenvalue weighted by molar-refractivity contribution is 0.358. The van der Waals surface area contributed by atoms with Gasteiger partial charge in [-0.1, -0.05) is 25.1 Å². The molecule has 0 spiro atoms. The van der Waals surface area contributed by atoms with E-state index in [1.165, 1.54) is 24.4 Å². The maximum atomic E-state index is 13.5. The average Bonchev–Trinajstić information content (AvgIpc) is 3.05. The van der Waals surface area contributed by atoms with E-state index in [1.54, 1.807) is 0 Å². The fourth-order valence-corrected chi connectivity index (χ4v) is 4.38. The molecule has 0 unspecified atom stereocenters. The highest BCUT2D eigenvalue weighted by Gasteiger charge is 2.23. The summed E-state index contributed by atoms with van der Waals surface area (Å²) in [4.78, 5) is 5.37. The summed E-state index contributed by atoms with van der Waals surface area (Å²) >= 11 is 0. The standard InChI is InChI=1S/C19H21FN2O2S/c1-3-22(2)11-10-14-6-4-9-17-19(14)18(13-21-17)25(23,24)16-8-5-7-15(20)12-16/h4-9,12-13,21H,3,10-11H2,1-2H3. The molecule has 0 radical (unpaired) electrons. The van der Waals surface area contributed by atoms with Crippen LogP contribution in [0.25, 0.3) is 10.9 Å². The molecule has 6 heteroatoms. The smallest absolute Gasteiger partial charge is 0.208 e. The number of likely N-dealkylation sites (N-methyl/N-ethyl adjacent to an activating group) is 1. The molecule has 25 heavy (non-hydrogen) atoms. The van der Waals surface area contributed by atoms with E-state index >= 15 is 0 Å². The van der Waals surface area contributed by atoms with Gasteiger partial charge >= 0.3 is 0 Å². The monoisotopic (exact) mass is 360 g/mol. The first-order valence-corrected chi connectivity index (χ1v) is 9.70. The Kier molecular flexibility index (Phi) is 4.92. The molecule has 3 rings (SSSR count). The third-order valence-corrected chi connectivity index (χ3v) is 6.23. The molecule has 4 nitrogen and oxygen atoms in total. The Morgan fingerprint density at radius 2 is 1.92 bits per heavy atom. The molecule has 0 atom stereocenters. The highest BCUT2D eigenvalue weighted by Crippen LogP contribution is 2.31. The highest BCUT2D eigenvalue weighted by atomic mass is 32.2. The fourth-order valence-electron chi connectivity index (χ4n) is 2.88. The summed E-state index contributed by atoms with van der Waals surface area (Å²) in [6.07, 6.45) is 2.24. The second-order valence-electron chi connectivity index (χ2n) is 6.10. The van der Waals surface area contributed by atoms with Gasteiger partial charge in [0.15, 0.2) is 0 Å². The van der Waals surface area contributed by atoms with Crippen molar-refractivity contribution in [1.82, 2.24) is 9.88 Å². The van der Waals surface area contributed by atoms with Crippen LogP contribution in [0.4, 0.5) is 4.39 Å². The highest BCUT2D eigenvalue weighted by molar-refractivity contribution is 7.91. The van der Waals surface area contributed by atoms with Crippen LogP contribution in [0.5, 0.6) is 0 Å². The summed E-state index contributed by atoms with van der Waals surface area (Å²) < 4.78 is 39.5. The van der Waals surface area contributed by atoms with E-state index in [-0.39, 0.29) is 9.79 Å². The fraction of sp³-hybridized carbons (Fsp3) is 0.263. The topological polar surface area (TPSA) is 53.2 Å². The van der Waals surface area contributed by atoms with Gasteiger partial charge in [0, 0.05) is 23.6 Å². The summed E-state index contributed by atoms with van der Waals surface area (Å²) in [5.74, 6) is -0.564. The molecule has 1 heterocycles. The number of benzene rings is 2. The molecule has 0 aliphatic rings. The third kappa shape index (κ3) is 3.45. The normalized spacial score (nSPS) is 12.2. The Bertz CT molecular complexity index is 996.